The number of hydrogen-bond acceptors (Lipinski definition) is 4. The van der Waals surface area contributed by atoms with Gasteiger partial charge in [0.05, 0.1) is 31.6 Å². The Hall–Kier alpha value is -3.84. The van der Waals surface area contributed by atoms with E-state index in [0.29, 0.717) is 10.9 Å². The molecule has 0 radical (unpaired) electrons. The molecule has 1 N–H and O–H groups in total. The molecule has 5 rings (SSSR count). The van der Waals surface area contributed by atoms with Crippen LogP contribution in [-0.2, 0) is 0 Å². The Morgan fingerprint density at radius 3 is 2.47 bits per heavy atom. The van der Waals surface area contributed by atoms with Gasteiger partial charge in [0.25, 0.3) is 0 Å². The summed E-state index contributed by atoms with van der Waals surface area (Å²) in [6, 6.07) is 24.0. The topological polar surface area (TPSA) is 51.6 Å². The number of hydrogen-bond donors (Lipinski definition) is 1. The normalized spacial score (nSPS) is 17.5. The van der Waals surface area contributed by atoms with Crippen molar-refractivity contribution in [3.05, 3.63) is 102 Å². The van der Waals surface area contributed by atoms with Crippen molar-refractivity contribution in [3.63, 3.8) is 0 Å². The number of thiocarbonyl (C=S) groups is 1. The van der Waals surface area contributed by atoms with Crippen molar-refractivity contribution in [2.24, 2.45) is 0 Å². The van der Waals surface area contributed by atoms with Gasteiger partial charge >= 0.3 is 0 Å². The highest BCUT2D eigenvalue weighted by Crippen LogP contribution is 2.46. The van der Waals surface area contributed by atoms with Gasteiger partial charge in [-0.25, -0.2) is 0 Å². The Balaban J connectivity index is 1.70. The first-order valence-corrected chi connectivity index (χ1v) is 11.5. The number of ether oxygens (including phenoxy) is 2. The molecule has 2 aromatic carbocycles. The summed E-state index contributed by atoms with van der Waals surface area (Å²) in [4.78, 5) is 6.77. The lowest BCUT2D eigenvalue weighted by atomic mass is 10.0. The quantitative estimate of drug-likeness (QED) is 0.382. The average Bonchev–Trinajstić information content (AvgIpc) is 3.49. The zero-order chi connectivity index (χ0) is 23.7. The van der Waals surface area contributed by atoms with Crippen LogP contribution in [0.2, 0.25) is 0 Å². The van der Waals surface area contributed by atoms with Crippen LogP contribution < -0.4 is 19.7 Å². The van der Waals surface area contributed by atoms with E-state index in [2.05, 4.69) is 69.3 Å². The van der Waals surface area contributed by atoms with Crippen LogP contribution in [-0.4, -0.2) is 28.9 Å². The largest absolute Gasteiger partial charge is 0.497 e. The van der Waals surface area contributed by atoms with Crippen LogP contribution in [0.15, 0.2) is 85.2 Å². The number of aryl methyl sites for hydroxylation is 1. The highest BCUT2D eigenvalue weighted by atomic mass is 32.1. The molecule has 1 saturated heterocycles. The van der Waals surface area contributed by atoms with Gasteiger partial charge in [-0.2, -0.15) is 0 Å². The second kappa shape index (κ2) is 9.19. The highest BCUT2D eigenvalue weighted by molar-refractivity contribution is 7.80. The molecule has 2 aromatic heterocycles. The third-order valence-corrected chi connectivity index (χ3v) is 6.45. The smallest absolute Gasteiger partial charge is 0.174 e. The SMILES string of the molecule is COc1ccc(OC)c(N2C(=S)N[C@H](c3ccccn3)[C@@H]2c2cccn2-c2ccc(C)cc2)c1. The second-order valence-corrected chi connectivity index (χ2v) is 8.56. The molecule has 1 fully saturated rings. The third-order valence-electron chi connectivity index (χ3n) is 6.14. The van der Waals surface area contributed by atoms with Crippen molar-refractivity contribution >= 4 is 23.0 Å². The summed E-state index contributed by atoms with van der Waals surface area (Å²) in [7, 11) is 3.32. The van der Waals surface area contributed by atoms with Crippen LogP contribution >= 0.6 is 12.2 Å². The predicted octanol–water partition coefficient (Wildman–Crippen LogP) is 5.38. The summed E-state index contributed by atoms with van der Waals surface area (Å²) in [5.41, 5.74) is 5.13. The fourth-order valence-electron chi connectivity index (χ4n) is 4.48. The molecule has 0 unspecified atom stereocenters. The maximum absolute atomic E-state index is 5.90. The van der Waals surface area contributed by atoms with Gasteiger partial charge in [-0.15, -0.1) is 0 Å². The third kappa shape index (κ3) is 3.88. The Morgan fingerprint density at radius 1 is 0.941 bits per heavy atom. The van der Waals surface area contributed by atoms with Crippen LogP contribution in [0.3, 0.4) is 0 Å². The van der Waals surface area contributed by atoms with E-state index in [1.165, 1.54) is 5.56 Å². The van der Waals surface area contributed by atoms with Crippen molar-refractivity contribution in [1.29, 1.82) is 0 Å². The minimum absolute atomic E-state index is 0.163. The number of anilines is 1. The Bertz CT molecular complexity index is 1300. The molecular formula is C27H26N4O2S. The van der Waals surface area contributed by atoms with Crippen molar-refractivity contribution in [2.45, 2.75) is 19.0 Å². The minimum atomic E-state index is -0.181. The molecule has 2 atom stereocenters. The molecule has 0 saturated carbocycles. The fourth-order valence-corrected chi connectivity index (χ4v) is 4.81. The van der Waals surface area contributed by atoms with E-state index in [1.807, 2.05) is 42.6 Å². The van der Waals surface area contributed by atoms with Crippen molar-refractivity contribution in [1.82, 2.24) is 14.9 Å². The van der Waals surface area contributed by atoms with E-state index in [1.54, 1.807) is 14.2 Å². The van der Waals surface area contributed by atoms with Crippen LogP contribution in [0, 0.1) is 6.92 Å². The lowest BCUT2D eigenvalue weighted by Crippen LogP contribution is -2.30. The van der Waals surface area contributed by atoms with Crippen molar-refractivity contribution in [3.8, 4) is 17.2 Å². The van der Waals surface area contributed by atoms with Gasteiger partial charge in [0.2, 0.25) is 0 Å². The number of nitrogens with zero attached hydrogens (tertiary/aromatic N) is 3. The van der Waals surface area contributed by atoms with Crippen molar-refractivity contribution in [2.75, 3.05) is 19.1 Å². The molecule has 0 amide bonds. The molecule has 4 aromatic rings. The maximum Gasteiger partial charge on any atom is 0.174 e. The molecule has 7 heteroatoms. The summed E-state index contributed by atoms with van der Waals surface area (Å²) >= 11 is 5.90. The van der Waals surface area contributed by atoms with Gasteiger partial charge in [0.15, 0.2) is 5.11 Å². The zero-order valence-electron chi connectivity index (χ0n) is 19.3. The predicted molar refractivity (Wildman–Crippen MR) is 138 cm³/mol. The molecule has 0 aliphatic carbocycles. The van der Waals surface area contributed by atoms with E-state index in [0.717, 1.165) is 28.5 Å². The first-order chi connectivity index (χ1) is 16.6. The molecule has 0 spiro atoms. The van der Waals surface area contributed by atoms with Gasteiger partial charge in [-0.05, 0) is 67.7 Å². The first-order valence-electron chi connectivity index (χ1n) is 11.1. The molecule has 6 nitrogen and oxygen atoms in total. The van der Waals surface area contributed by atoms with Gasteiger partial charge in [-0.3, -0.25) is 4.98 Å². The van der Waals surface area contributed by atoms with E-state index in [-0.39, 0.29) is 12.1 Å². The molecule has 1 aliphatic heterocycles. The van der Waals surface area contributed by atoms with Gasteiger partial charge < -0.3 is 24.3 Å². The summed E-state index contributed by atoms with van der Waals surface area (Å²) in [6.45, 7) is 2.09. The highest BCUT2D eigenvalue weighted by Gasteiger charge is 2.43. The fraction of sp³-hybridized carbons (Fsp3) is 0.185. The minimum Gasteiger partial charge on any atom is -0.497 e. The van der Waals surface area contributed by atoms with E-state index in [4.69, 9.17) is 21.7 Å². The molecule has 3 heterocycles. The Morgan fingerprint density at radius 2 is 1.76 bits per heavy atom. The molecule has 172 valence electrons. The molecule has 1 aliphatic rings. The lowest BCUT2D eigenvalue weighted by molar-refractivity contribution is 0.402. The summed E-state index contributed by atoms with van der Waals surface area (Å²) < 4.78 is 13.5. The van der Waals surface area contributed by atoms with Crippen molar-refractivity contribution < 1.29 is 9.47 Å². The van der Waals surface area contributed by atoms with E-state index in [9.17, 15) is 0 Å². The maximum atomic E-state index is 5.90. The molecule has 0 bridgehead atoms. The number of rotatable bonds is 6. The zero-order valence-corrected chi connectivity index (χ0v) is 20.1. The van der Waals surface area contributed by atoms with Crippen LogP contribution in [0.25, 0.3) is 5.69 Å². The first kappa shape index (κ1) is 22.0. The van der Waals surface area contributed by atoms with Crippen LogP contribution in [0.4, 0.5) is 5.69 Å². The average molecular weight is 471 g/mol. The van der Waals surface area contributed by atoms with Crippen LogP contribution in [0.5, 0.6) is 11.5 Å². The summed E-state index contributed by atoms with van der Waals surface area (Å²) in [5.74, 6) is 1.44. The lowest BCUT2D eigenvalue weighted by Gasteiger charge is -2.30. The number of benzene rings is 2. The number of aromatic nitrogens is 2. The van der Waals surface area contributed by atoms with Gasteiger partial charge in [-0.1, -0.05) is 23.8 Å². The summed E-state index contributed by atoms with van der Waals surface area (Å²) in [6.07, 6.45) is 3.89. The number of nitrogens with one attached hydrogen (secondary N) is 1. The second-order valence-electron chi connectivity index (χ2n) is 8.17. The van der Waals surface area contributed by atoms with Gasteiger partial charge in [0.1, 0.15) is 17.5 Å². The number of pyridine rings is 1. The van der Waals surface area contributed by atoms with Crippen LogP contribution in [0.1, 0.15) is 29.0 Å². The van der Waals surface area contributed by atoms with E-state index >= 15 is 0 Å². The number of methoxy groups -OCH3 is 2. The monoisotopic (exact) mass is 470 g/mol. The summed E-state index contributed by atoms with van der Waals surface area (Å²) in [5, 5.41) is 4.12. The standard InChI is InChI=1S/C27H26N4O2S/c1-18-9-11-19(12-10-18)30-16-6-8-22(30)26-25(21-7-4-5-15-28-21)29-27(34)31(26)23-17-20(32-2)13-14-24(23)33-3/h4-17,25-26H,1-3H3,(H,29,34)/t25-,26+/m1/s1. The molecular weight excluding hydrogens is 444 g/mol. The Kier molecular flexibility index (Phi) is 5.94. The van der Waals surface area contributed by atoms with Gasteiger partial charge in [0, 0.05) is 29.8 Å². The van der Waals surface area contributed by atoms with E-state index < -0.39 is 0 Å². The Labute approximate surface area is 204 Å². The molecule has 34 heavy (non-hydrogen) atoms.